The van der Waals surface area contributed by atoms with Gasteiger partial charge in [-0.2, -0.15) is 0 Å². The summed E-state index contributed by atoms with van der Waals surface area (Å²) in [7, 11) is 0. The number of nitrogens with one attached hydrogen (secondary N) is 2. The molecule has 0 saturated carbocycles. The number of hydrogen-bond acceptors (Lipinski definition) is 6. The summed E-state index contributed by atoms with van der Waals surface area (Å²) in [6.07, 6.45) is 6.81. The van der Waals surface area contributed by atoms with Gasteiger partial charge in [0, 0.05) is 70.0 Å². The normalized spacial score (nSPS) is 14.4. The molecular formula is C35H43N7O2. The summed E-state index contributed by atoms with van der Waals surface area (Å²) < 4.78 is 7.84. The number of hydrogen-bond donors (Lipinski definition) is 3. The second kappa shape index (κ2) is 15.4. The molecule has 9 heteroatoms. The molecule has 0 bridgehead atoms. The van der Waals surface area contributed by atoms with Gasteiger partial charge in [0.25, 0.3) is 5.91 Å². The standard InChI is InChI=1S/C35H43N7O2/c1-2-44-25-7-20-42-32-17-16-30(26-31(32)38-33(42)18-13-28-11-14-29(15-12-28)34(36)37)35(43)39-41-23-21-40(22-24-41)19-6-10-27-8-4-3-5-9-27/h3-6,8-12,14-17,26H,2,7,13,18-25H2,1H3,(H3,36,37)(H,39,43). The van der Waals surface area contributed by atoms with Gasteiger partial charge < -0.3 is 15.0 Å². The molecule has 1 aliphatic heterocycles. The van der Waals surface area contributed by atoms with Crippen molar-refractivity contribution in [3.63, 3.8) is 0 Å². The maximum absolute atomic E-state index is 13.2. The number of carbonyl (C=O) groups is 1. The number of amides is 1. The number of aryl methyl sites for hydroxylation is 3. The molecule has 4 aromatic rings. The fraction of sp³-hybridized carbons (Fsp3) is 0.343. The lowest BCUT2D eigenvalue weighted by molar-refractivity contribution is 0.0641. The van der Waals surface area contributed by atoms with Gasteiger partial charge in [-0.25, -0.2) is 9.99 Å². The summed E-state index contributed by atoms with van der Waals surface area (Å²) in [5.74, 6) is 0.950. The molecule has 5 rings (SSSR count). The Labute approximate surface area is 259 Å². The number of aromatic nitrogens is 2. The summed E-state index contributed by atoms with van der Waals surface area (Å²) in [4.78, 5) is 20.6. The molecule has 3 aromatic carbocycles. The molecule has 230 valence electrons. The number of hydrazine groups is 1. The highest BCUT2D eigenvalue weighted by atomic mass is 16.5. The first-order chi connectivity index (χ1) is 21.5. The number of fused-ring (bicyclic) bond motifs is 1. The number of amidine groups is 1. The zero-order valence-corrected chi connectivity index (χ0v) is 25.5. The van der Waals surface area contributed by atoms with Crippen molar-refractivity contribution in [2.45, 2.75) is 32.7 Å². The SMILES string of the molecule is CCOCCCn1c(CCc2ccc(C(=N)N)cc2)nc2cc(C(=O)NN3CCN(CC=Cc4ccccc4)CC3)ccc21. The van der Waals surface area contributed by atoms with E-state index in [-0.39, 0.29) is 11.7 Å². The third-order valence-electron chi connectivity index (χ3n) is 7.97. The van der Waals surface area contributed by atoms with Crippen LogP contribution in [0.1, 0.15) is 46.2 Å². The highest BCUT2D eigenvalue weighted by molar-refractivity contribution is 5.97. The van der Waals surface area contributed by atoms with Crippen LogP contribution in [0.5, 0.6) is 0 Å². The lowest BCUT2D eigenvalue weighted by atomic mass is 10.1. The molecule has 0 aliphatic carbocycles. The van der Waals surface area contributed by atoms with E-state index in [0.717, 1.165) is 86.5 Å². The van der Waals surface area contributed by atoms with Gasteiger partial charge in [0.1, 0.15) is 11.7 Å². The van der Waals surface area contributed by atoms with Gasteiger partial charge in [0.2, 0.25) is 0 Å². The average molecular weight is 594 g/mol. The van der Waals surface area contributed by atoms with Crippen LogP contribution in [0, 0.1) is 5.41 Å². The lowest BCUT2D eigenvalue weighted by Gasteiger charge is -2.34. The van der Waals surface area contributed by atoms with Gasteiger partial charge in [-0.15, -0.1) is 0 Å². The predicted molar refractivity (Wildman–Crippen MR) is 177 cm³/mol. The molecule has 1 saturated heterocycles. The third kappa shape index (κ3) is 8.41. The fourth-order valence-corrected chi connectivity index (χ4v) is 5.49. The van der Waals surface area contributed by atoms with Gasteiger partial charge in [0.05, 0.1) is 11.0 Å². The smallest absolute Gasteiger partial charge is 0.265 e. The molecule has 2 heterocycles. The van der Waals surface area contributed by atoms with Crippen LogP contribution < -0.4 is 11.2 Å². The first-order valence-corrected chi connectivity index (χ1v) is 15.5. The van der Waals surface area contributed by atoms with E-state index in [1.54, 1.807) is 0 Å². The molecule has 1 aliphatic rings. The minimum Gasteiger partial charge on any atom is -0.384 e. The number of rotatable bonds is 14. The van der Waals surface area contributed by atoms with Crippen LogP contribution >= 0.6 is 0 Å². The molecule has 0 spiro atoms. The quantitative estimate of drug-likeness (QED) is 0.113. The number of imidazole rings is 1. The molecule has 1 amide bonds. The lowest BCUT2D eigenvalue weighted by Crippen LogP contribution is -2.53. The molecule has 1 aromatic heterocycles. The summed E-state index contributed by atoms with van der Waals surface area (Å²) in [6, 6.07) is 23.9. The Bertz CT molecular complexity index is 1560. The Morgan fingerprint density at radius 2 is 1.75 bits per heavy atom. The topological polar surface area (TPSA) is 112 Å². The van der Waals surface area contributed by atoms with Crippen molar-refractivity contribution < 1.29 is 9.53 Å². The van der Waals surface area contributed by atoms with Gasteiger partial charge in [-0.1, -0.05) is 66.7 Å². The van der Waals surface area contributed by atoms with Gasteiger partial charge >= 0.3 is 0 Å². The molecule has 0 atom stereocenters. The van der Waals surface area contributed by atoms with Crippen LogP contribution in [0.25, 0.3) is 17.1 Å². The molecule has 0 radical (unpaired) electrons. The zero-order valence-electron chi connectivity index (χ0n) is 25.5. The van der Waals surface area contributed by atoms with Crippen molar-refractivity contribution in [1.29, 1.82) is 5.41 Å². The average Bonchev–Trinajstić information content (AvgIpc) is 3.40. The maximum atomic E-state index is 13.2. The van der Waals surface area contributed by atoms with Crippen LogP contribution in [-0.4, -0.2) is 77.1 Å². The minimum atomic E-state index is -0.109. The maximum Gasteiger partial charge on any atom is 0.265 e. The Hall–Kier alpha value is -4.31. The number of piperazine rings is 1. The van der Waals surface area contributed by atoms with Crippen LogP contribution in [0.3, 0.4) is 0 Å². The van der Waals surface area contributed by atoms with E-state index in [4.69, 9.17) is 20.9 Å². The highest BCUT2D eigenvalue weighted by Gasteiger charge is 2.19. The van der Waals surface area contributed by atoms with E-state index in [1.807, 2.05) is 72.6 Å². The summed E-state index contributed by atoms with van der Waals surface area (Å²) in [5.41, 5.74) is 14.3. The number of nitrogens with two attached hydrogens (primary N) is 1. The first-order valence-electron chi connectivity index (χ1n) is 15.5. The summed E-state index contributed by atoms with van der Waals surface area (Å²) in [6.45, 7) is 8.44. The van der Waals surface area contributed by atoms with Gasteiger partial charge in [0.15, 0.2) is 0 Å². The number of nitrogen functional groups attached to an aromatic ring is 1. The number of nitrogens with zero attached hydrogens (tertiary/aromatic N) is 4. The third-order valence-corrected chi connectivity index (χ3v) is 7.97. The predicted octanol–water partition coefficient (Wildman–Crippen LogP) is 4.51. The van der Waals surface area contributed by atoms with Crippen molar-refractivity contribution >= 4 is 28.9 Å². The summed E-state index contributed by atoms with van der Waals surface area (Å²) in [5, 5.41) is 9.63. The second-order valence-corrected chi connectivity index (χ2v) is 11.1. The van der Waals surface area contributed by atoms with E-state index in [0.29, 0.717) is 18.8 Å². The van der Waals surface area contributed by atoms with Crippen LogP contribution in [0.15, 0.2) is 78.9 Å². The van der Waals surface area contributed by atoms with E-state index >= 15 is 0 Å². The number of carbonyl (C=O) groups excluding carboxylic acids is 1. The van der Waals surface area contributed by atoms with Crippen molar-refractivity contribution in [3.05, 3.63) is 107 Å². The van der Waals surface area contributed by atoms with Gasteiger partial charge in [-0.05, 0) is 49.1 Å². The molecule has 4 N–H and O–H groups in total. The van der Waals surface area contributed by atoms with Crippen molar-refractivity contribution in [2.24, 2.45) is 5.73 Å². The second-order valence-electron chi connectivity index (χ2n) is 11.1. The van der Waals surface area contributed by atoms with E-state index in [9.17, 15) is 4.79 Å². The van der Waals surface area contributed by atoms with E-state index < -0.39 is 0 Å². The molecule has 44 heavy (non-hydrogen) atoms. The Morgan fingerprint density at radius 3 is 2.48 bits per heavy atom. The highest BCUT2D eigenvalue weighted by Crippen LogP contribution is 2.21. The summed E-state index contributed by atoms with van der Waals surface area (Å²) >= 11 is 0. The van der Waals surface area contributed by atoms with Crippen molar-refractivity contribution in [1.82, 2.24) is 24.9 Å². The first kappa shape index (κ1) is 31.1. The van der Waals surface area contributed by atoms with E-state index in [1.165, 1.54) is 5.56 Å². The van der Waals surface area contributed by atoms with E-state index in [2.05, 4.69) is 39.2 Å². The molecule has 1 fully saturated rings. The number of benzene rings is 3. The minimum absolute atomic E-state index is 0.0710. The Balaban J connectivity index is 1.20. The van der Waals surface area contributed by atoms with Crippen LogP contribution in [0.2, 0.25) is 0 Å². The molecular weight excluding hydrogens is 550 g/mol. The largest absolute Gasteiger partial charge is 0.384 e. The monoisotopic (exact) mass is 593 g/mol. The van der Waals surface area contributed by atoms with Crippen molar-refractivity contribution in [3.8, 4) is 0 Å². The van der Waals surface area contributed by atoms with Crippen molar-refractivity contribution in [2.75, 3.05) is 45.9 Å². The van der Waals surface area contributed by atoms with Gasteiger partial charge in [-0.3, -0.25) is 20.5 Å². The van der Waals surface area contributed by atoms with Crippen LogP contribution in [0.4, 0.5) is 0 Å². The number of ether oxygens (including phenoxy) is 1. The Kier molecular flexibility index (Phi) is 10.9. The zero-order chi connectivity index (χ0) is 30.7. The van der Waals surface area contributed by atoms with Crippen LogP contribution in [-0.2, 0) is 24.1 Å². The fourth-order valence-electron chi connectivity index (χ4n) is 5.49. The molecule has 9 nitrogen and oxygen atoms in total. The Morgan fingerprint density at radius 1 is 1.00 bits per heavy atom. The molecule has 0 unspecified atom stereocenters.